The summed E-state index contributed by atoms with van der Waals surface area (Å²) < 4.78 is 11.7. The topological polar surface area (TPSA) is 147 Å². The highest BCUT2D eigenvalue weighted by Gasteiger charge is 2.45. The molecule has 6 N–H and O–H groups in total. The molecule has 0 fully saturated rings. The van der Waals surface area contributed by atoms with Crippen molar-refractivity contribution in [3.05, 3.63) is 161 Å². The lowest BCUT2D eigenvalue weighted by Crippen LogP contribution is -2.54. The van der Waals surface area contributed by atoms with Gasteiger partial charge in [0.1, 0.15) is 18.5 Å². The fraction of sp³-hybridized carbons (Fsp3) is 0.108. The maximum absolute atomic E-state index is 14.4. The summed E-state index contributed by atoms with van der Waals surface area (Å²) in [5.41, 5.74) is 7.05. The van der Waals surface area contributed by atoms with Gasteiger partial charge in [-0.2, -0.15) is 0 Å². The number of carbonyl (C=O) groups excluding carboxylic acids is 1. The van der Waals surface area contributed by atoms with Crippen molar-refractivity contribution in [2.75, 3.05) is 12.4 Å². The molecule has 0 saturated heterocycles. The molecule has 0 heterocycles. The number of amides is 1. The third kappa shape index (κ3) is 6.84. The van der Waals surface area contributed by atoms with Gasteiger partial charge >= 0.3 is 5.97 Å². The average Bonchev–Trinajstić information content (AvgIpc) is 3.09. The molecule has 5 rings (SSSR count). The second-order valence-electron chi connectivity index (χ2n) is 10.5. The van der Waals surface area contributed by atoms with Crippen molar-refractivity contribution in [1.29, 1.82) is 5.41 Å². The van der Waals surface area contributed by atoms with Gasteiger partial charge in [-0.05, 0) is 58.7 Å². The van der Waals surface area contributed by atoms with E-state index in [1.165, 1.54) is 7.11 Å². The van der Waals surface area contributed by atoms with Crippen LogP contribution in [-0.4, -0.2) is 29.9 Å². The Balaban J connectivity index is 1.55. The van der Waals surface area contributed by atoms with Gasteiger partial charge in [0.15, 0.2) is 17.0 Å². The summed E-state index contributed by atoms with van der Waals surface area (Å²) in [6.07, 6.45) is 0. The fourth-order valence-electron chi connectivity index (χ4n) is 5.18. The Morgan fingerprint density at radius 1 is 0.804 bits per heavy atom. The van der Waals surface area contributed by atoms with Crippen LogP contribution in [0.1, 0.15) is 33.9 Å². The maximum atomic E-state index is 14.4. The number of anilines is 1. The van der Waals surface area contributed by atoms with Gasteiger partial charge in [-0.15, -0.1) is 0 Å². The molecule has 9 nitrogen and oxygen atoms in total. The average molecular weight is 615 g/mol. The van der Waals surface area contributed by atoms with E-state index in [-0.39, 0.29) is 5.84 Å². The summed E-state index contributed by atoms with van der Waals surface area (Å²) in [5, 5.41) is 24.6. The molecule has 46 heavy (non-hydrogen) atoms. The van der Waals surface area contributed by atoms with Crippen LogP contribution >= 0.6 is 0 Å². The Hall–Kier alpha value is -6.09. The molecule has 1 unspecified atom stereocenters. The van der Waals surface area contributed by atoms with Crippen LogP contribution in [0.15, 0.2) is 133 Å². The van der Waals surface area contributed by atoms with Crippen molar-refractivity contribution < 1.29 is 24.2 Å². The first kappa shape index (κ1) is 31.3. The first-order valence-corrected chi connectivity index (χ1v) is 14.5. The molecular weight excluding hydrogens is 580 g/mol. The van der Waals surface area contributed by atoms with E-state index in [0.29, 0.717) is 46.0 Å². The minimum absolute atomic E-state index is 0.0892. The SMILES string of the molecule is COc1cc(C(Nc2ccc(C(=N)N)cc2)C(=O)NC(C(=O)O)(c2ccccc2)c2ccccc2)ccc1OCc1ccccc1. The van der Waals surface area contributed by atoms with Crippen molar-refractivity contribution >= 4 is 23.4 Å². The number of carbonyl (C=O) groups is 2. The molecular formula is C37H34N4O5. The maximum Gasteiger partial charge on any atom is 0.338 e. The molecule has 0 radical (unpaired) electrons. The summed E-state index contributed by atoms with van der Waals surface area (Å²) in [4.78, 5) is 27.6. The number of hydrogen-bond acceptors (Lipinski definition) is 6. The van der Waals surface area contributed by atoms with Gasteiger partial charge in [0.2, 0.25) is 5.91 Å². The van der Waals surface area contributed by atoms with Crippen LogP contribution in [0.25, 0.3) is 0 Å². The summed E-state index contributed by atoms with van der Waals surface area (Å²) in [6, 6.07) is 37.7. The molecule has 9 heteroatoms. The Bertz CT molecular complexity index is 1760. The second kappa shape index (κ2) is 14.1. The zero-order valence-corrected chi connectivity index (χ0v) is 25.1. The highest BCUT2D eigenvalue weighted by Crippen LogP contribution is 2.35. The van der Waals surface area contributed by atoms with E-state index in [1.807, 2.05) is 30.3 Å². The smallest absolute Gasteiger partial charge is 0.338 e. The number of methoxy groups -OCH3 is 1. The Labute approximate surface area is 267 Å². The highest BCUT2D eigenvalue weighted by atomic mass is 16.5. The lowest BCUT2D eigenvalue weighted by molar-refractivity contribution is -0.146. The molecule has 1 amide bonds. The summed E-state index contributed by atoms with van der Waals surface area (Å²) in [7, 11) is 1.51. The van der Waals surface area contributed by atoms with E-state index < -0.39 is 23.5 Å². The van der Waals surface area contributed by atoms with E-state index in [2.05, 4.69) is 10.6 Å². The van der Waals surface area contributed by atoms with E-state index in [4.69, 9.17) is 20.6 Å². The minimum atomic E-state index is -1.90. The van der Waals surface area contributed by atoms with E-state index in [1.54, 1.807) is 103 Å². The standard InChI is InChI=1S/C37H34N4O5/c1-45-32-23-27(19-22-31(32)46-24-25-11-5-2-6-12-25)33(40-30-20-17-26(18-21-30)34(38)39)35(42)41-37(36(43)44,28-13-7-3-8-14-28)29-15-9-4-10-16-29/h2-23,33,40H,24H2,1H3,(H3,38,39)(H,41,42)(H,43,44). The zero-order chi connectivity index (χ0) is 32.5. The number of aliphatic carboxylic acids is 1. The first-order valence-electron chi connectivity index (χ1n) is 14.5. The Kier molecular flexibility index (Phi) is 9.63. The fourth-order valence-corrected chi connectivity index (χ4v) is 5.18. The van der Waals surface area contributed by atoms with Crippen LogP contribution in [0.2, 0.25) is 0 Å². The molecule has 0 bridgehead atoms. The van der Waals surface area contributed by atoms with Crippen LogP contribution in [0, 0.1) is 5.41 Å². The van der Waals surface area contributed by atoms with Gasteiger partial charge < -0.3 is 30.9 Å². The monoisotopic (exact) mass is 614 g/mol. The molecule has 5 aromatic rings. The van der Waals surface area contributed by atoms with Gasteiger partial charge in [0, 0.05) is 11.3 Å². The summed E-state index contributed by atoms with van der Waals surface area (Å²) >= 11 is 0. The van der Waals surface area contributed by atoms with Crippen molar-refractivity contribution in [3.8, 4) is 11.5 Å². The third-order valence-electron chi connectivity index (χ3n) is 7.57. The number of carboxylic acid groups (broad SMARTS) is 1. The largest absolute Gasteiger partial charge is 0.493 e. The number of ether oxygens (including phenoxy) is 2. The van der Waals surface area contributed by atoms with Gasteiger partial charge in [0.25, 0.3) is 0 Å². The van der Waals surface area contributed by atoms with Crippen LogP contribution in [0.5, 0.6) is 11.5 Å². The van der Waals surface area contributed by atoms with E-state index >= 15 is 0 Å². The van der Waals surface area contributed by atoms with Gasteiger partial charge in [-0.3, -0.25) is 10.2 Å². The molecule has 1 atom stereocenters. The van der Waals surface area contributed by atoms with E-state index in [0.717, 1.165) is 5.56 Å². The molecule has 0 aliphatic carbocycles. The van der Waals surface area contributed by atoms with Gasteiger partial charge in [0.05, 0.1) is 7.11 Å². The van der Waals surface area contributed by atoms with Gasteiger partial charge in [-0.1, -0.05) is 97.1 Å². The normalized spacial score (nSPS) is 11.6. The molecule has 0 spiro atoms. The van der Waals surface area contributed by atoms with Crippen LogP contribution < -0.4 is 25.8 Å². The predicted octanol–water partition coefficient (Wildman–Crippen LogP) is 5.86. The number of nitrogens with one attached hydrogen (secondary N) is 3. The van der Waals surface area contributed by atoms with Crippen LogP contribution in [0.3, 0.4) is 0 Å². The summed E-state index contributed by atoms with van der Waals surface area (Å²) in [6.45, 7) is 0.316. The Morgan fingerprint density at radius 2 is 1.37 bits per heavy atom. The number of nitrogen functional groups attached to an aromatic ring is 1. The molecule has 0 aliphatic rings. The molecule has 232 valence electrons. The van der Waals surface area contributed by atoms with Crippen molar-refractivity contribution in [2.24, 2.45) is 5.73 Å². The predicted molar refractivity (Wildman–Crippen MR) is 177 cm³/mol. The Morgan fingerprint density at radius 3 is 1.89 bits per heavy atom. The van der Waals surface area contributed by atoms with Gasteiger partial charge in [-0.25, -0.2) is 4.79 Å². The minimum Gasteiger partial charge on any atom is -0.493 e. The zero-order valence-electron chi connectivity index (χ0n) is 25.1. The van der Waals surface area contributed by atoms with E-state index in [9.17, 15) is 14.7 Å². The van der Waals surface area contributed by atoms with Crippen LogP contribution in [-0.2, 0) is 21.7 Å². The first-order chi connectivity index (χ1) is 22.3. The third-order valence-corrected chi connectivity index (χ3v) is 7.57. The number of hydrogen-bond donors (Lipinski definition) is 5. The van der Waals surface area contributed by atoms with Crippen molar-refractivity contribution in [3.63, 3.8) is 0 Å². The van der Waals surface area contributed by atoms with Crippen molar-refractivity contribution in [1.82, 2.24) is 5.32 Å². The summed E-state index contributed by atoms with van der Waals surface area (Å²) in [5.74, 6) is -1.06. The molecule has 0 aliphatic heterocycles. The quantitative estimate of drug-likeness (QED) is 0.0825. The highest BCUT2D eigenvalue weighted by molar-refractivity contribution is 5.96. The molecule has 0 aromatic heterocycles. The number of amidine groups is 1. The number of benzene rings is 5. The number of nitrogens with two attached hydrogens (primary N) is 1. The lowest BCUT2D eigenvalue weighted by Gasteiger charge is -2.33. The van der Waals surface area contributed by atoms with Crippen molar-refractivity contribution in [2.45, 2.75) is 18.2 Å². The van der Waals surface area contributed by atoms with Crippen LogP contribution in [0.4, 0.5) is 5.69 Å². The number of carboxylic acids is 1. The molecule has 5 aromatic carbocycles. The second-order valence-corrected chi connectivity index (χ2v) is 10.5. The number of rotatable bonds is 13. The lowest BCUT2D eigenvalue weighted by atomic mass is 9.82. The molecule has 0 saturated carbocycles.